The molecule has 0 spiro atoms. The molecule has 0 radical (unpaired) electrons. The number of hydrogen-bond donors (Lipinski definition) is 3. The van der Waals surface area contributed by atoms with Crippen LogP contribution in [-0.4, -0.2) is 46.9 Å². The first-order valence-electron chi connectivity index (χ1n) is 10.8. The van der Waals surface area contributed by atoms with Gasteiger partial charge in [-0.3, -0.25) is 4.90 Å². The van der Waals surface area contributed by atoms with E-state index in [1.807, 2.05) is 42.5 Å². The van der Waals surface area contributed by atoms with Gasteiger partial charge in [0.15, 0.2) is 5.88 Å². The summed E-state index contributed by atoms with van der Waals surface area (Å²) >= 11 is 0. The molecule has 1 aliphatic heterocycles. The van der Waals surface area contributed by atoms with Crippen molar-refractivity contribution in [2.75, 3.05) is 26.2 Å². The molecule has 0 amide bonds. The van der Waals surface area contributed by atoms with E-state index in [1.54, 1.807) is 6.07 Å². The molecular formula is C26H25FN4O. The van der Waals surface area contributed by atoms with Gasteiger partial charge in [0, 0.05) is 43.7 Å². The second kappa shape index (κ2) is 8.94. The van der Waals surface area contributed by atoms with Crippen molar-refractivity contribution in [3.8, 4) is 5.88 Å². The van der Waals surface area contributed by atoms with E-state index >= 15 is 0 Å². The van der Waals surface area contributed by atoms with Crippen molar-refractivity contribution in [3.05, 3.63) is 95.3 Å². The molecule has 0 bridgehead atoms. The predicted molar refractivity (Wildman–Crippen MR) is 126 cm³/mol. The summed E-state index contributed by atoms with van der Waals surface area (Å²) in [6, 6.07) is 22.4. The van der Waals surface area contributed by atoms with E-state index < -0.39 is 0 Å². The summed E-state index contributed by atoms with van der Waals surface area (Å²) in [6.07, 6.45) is 0. The fraction of sp³-hybridized carbons (Fsp3) is 0.192. The maximum Gasteiger partial charge on any atom is 0.199 e. The van der Waals surface area contributed by atoms with Gasteiger partial charge in [-0.25, -0.2) is 9.38 Å². The lowest BCUT2D eigenvalue weighted by atomic mass is 10.0. The standard InChI is InChI=1S/C26H25FN4O/c27-20-8-11-22-23(16-20)30-26(32)24(22)25(19-4-2-1-3-5-19)29-21-9-6-18(7-10-21)17-31-14-12-28-13-15-31/h1-11,16,28,30,32H,12-15,17H2. The van der Waals surface area contributed by atoms with Gasteiger partial charge >= 0.3 is 0 Å². The number of benzene rings is 3. The summed E-state index contributed by atoms with van der Waals surface area (Å²) in [5.74, 6) is -0.382. The minimum atomic E-state index is -0.358. The van der Waals surface area contributed by atoms with Crippen LogP contribution in [0.25, 0.3) is 10.9 Å². The maximum atomic E-state index is 13.7. The summed E-state index contributed by atoms with van der Waals surface area (Å²) in [7, 11) is 0. The molecule has 4 aromatic rings. The summed E-state index contributed by atoms with van der Waals surface area (Å²) in [6.45, 7) is 5.09. The molecule has 0 unspecified atom stereocenters. The van der Waals surface area contributed by atoms with Gasteiger partial charge in [-0.2, -0.15) is 0 Å². The smallest absolute Gasteiger partial charge is 0.199 e. The SMILES string of the molecule is Oc1[nH]c2cc(F)ccc2c1C(=Nc1ccc(CN2CCNCC2)cc1)c1ccccc1. The molecule has 1 fully saturated rings. The lowest BCUT2D eigenvalue weighted by Gasteiger charge is -2.27. The molecule has 1 aliphatic rings. The number of rotatable bonds is 5. The third-order valence-electron chi connectivity index (χ3n) is 5.82. The largest absolute Gasteiger partial charge is 0.494 e. The summed E-state index contributed by atoms with van der Waals surface area (Å²) in [5, 5.41) is 14.8. The molecule has 5 rings (SSSR count). The third kappa shape index (κ3) is 4.28. The Kier molecular flexibility index (Phi) is 5.71. The molecule has 2 heterocycles. The number of nitrogens with zero attached hydrogens (tertiary/aromatic N) is 2. The normalized spacial score (nSPS) is 15.3. The van der Waals surface area contributed by atoms with E-state index in [-0.39, 0.29) is 11.7 Å². The number of nitrogens with one attached hydrogen (secondary N) is 2. The molecule has 1 saturated heterocycles. The Morgan fingerprint density at radius 2 is 1.72 bits per heavy atom. The van der Waals surface area contributed by atoms with Gasteiger partial charge in [0.25, 0.3) is 0 Å². The molecule has 162 valence electrons. The first kappa shape index (κ1) is 20.4. The minimum Gasteiger partial charge on any atom is -0.494 e. The first-order valence-corrected chi connectivity index (χ1v) is 10.8. The van der Waals surface area contributed by atoms with E-state index in [2.05, 4.69) is 27.3 Å². The number of aromatic hydroxyl groups is 1. The van der Waals surface area contributed by atoms with Crippen molar-refractivity contribution in [2.24, 2.45) is 4.99 Å². The van der Waals surface area contributed by atoms with Crippen LogP contribution >= 0.6 is 0 Å². The van der Waals surface area contributed by atoms with Crippen LogP contribution in [0.5, 0.6) is 5.88 Å². The summed E-state index contributed by atoms with van der Waals surface area (Å²) in [4.78, 5) is 10.2. The van der Waals surface area contributed by atoms with Crippen molar-refractivity contribution in [3.63, 3.8) is 0 Å². The molecule has 3 aromatic carbocycles. The molecule has 3 N–H and O–H groups in total. The lowest BCUT2D eigenvalue weighted by molar-refractivity contribution is 0.233. The zero-order valence-corrected chi connectivity index (χ0v) is 17.7. The number of halogens is 1. The highest BCUT2D eigenvalue weighted by molar-refractivity contribution is 6.21. The van der Waals surface area contributed by atoms with Gasteiger partial charge in [0.05, 0.1) is 22.5 Å². The zero-order chi connectivity index (χ0) is 21.9. The Morgan fingerprint density at radius 1 is 0.969 bits per heavy atom. The van der Waals surface area contributed by atoms with E-state index in [4.69, 9.17) is 4.99 Å². The summed E-state index contributed by atoms with van der Waals surface area (Å²) < 4.78 is 13.7. The van der Waals surface area contributed by atoms with Crippen LogP contribution in [0.4, 0.5) is 10.1 Å². The Morgan fingerprint density at radius 3 is 2.47 bits per heavy atom. The number of piperazine rings is 1. The van der Waals surface area contributed by atoms with Crippen LogP contribution in [-0.2, 0) is 6.54 Å². The Bertz CT molecular complexity index is 1240. The molecule has 1 aromatic heterocycles. The minimum absolute atomic E-state index is 0.0245. The Hall–Kier alpha value is -3.48. The van der Waals surface area contributed by atoms with Gasteiger partial charge in [-0.05, 0) is 35.9 Å². The zero-order valence-electron chi connectivity index (χ0n) is 17.7. The van der Waals surface area contributed by atoms with Crippen molar-refractivity contribution < 1.29 is 9.50 Å². The van der Waals surface area contributed by atoms with Crippen molar-refractivity contribution in [1.29, 1.82) is 0 Å². The fourth-order valence-electron chi connectivity index (χ4n) is 4.19. The maximum absolute atomic E-state index is 13.7. The average molecular weight is 429 g/mol. The van der Waals surface area contributed by atoms with Gasteiger partial charge in [-0.15, -0.1) is 0 Å². The molecule has 0 aliphatic carbocycles. The van der Waals surface area contributed by atoms with E-state index in [9.17, 15) is 9.50 Å². The highest BCUT2D eigenvalue weighted by Gasteiger charge is 2.19. The van der Waals surface area contributed by atoms with Crippen LogP contribution in [0, 0.1) is 5.82 Å². The number of H-pyrrole nitrogens is 1. The van der Waals surface area contributed by atoms with Crippen LogP contribution in [0.3, 0.4) is 0 Å². The van der Waals surface area contributed by atoms with Crippen LogP contribution in [0.15, 0.2) is 77.8 Å². The van der Waals surface area contributed by atoms with Crippen molar-refractivity contribution in [2.45, 2.75) is 6.54 Å². The van der Waals surface area contributed by atoms with Crippen LogP contribution < -0.4 is 5.32 Å². The van der Waals surface area contributed by atoms with Gasteiger partial charge in [0.2, 0.25) is 0 Å². The van der Waals surface area contributed by atoms with Gasteiger partial charge in [-0.1, -0.05) is 42.5 Å². The molecule has 0 saturated carbocycles. The number of fused-ring (bicyclic) bond motifs is 1. The quantitative estimate of drug-likeness (QED) is 0.408. The molecular weight excluding hydrogens is 403 g/mol. The van der Waals surface area contributed by atoms with Gasteiger partial charge < -0.3 is 15.4 Å². The van der Waals surface area contributed by atoms with E-state index in [0.717, 1.165) is 49.4 Å². The second-order valence-electron chi connectivity index (χ2n) is 8.06. The Labute approximate surface area is 186 Å². The fourth-order valence-corrected chi connectivity index (χ4v) is 4.19. The second-order valence-corrected chi connectivity index (χ2v) is 8.06. The third-order valence-corrected chi connectivity index (χ3v) is 5.82. The van der Waals surface area contributed by atoms with Crippen molar-refractivity contribution in [1.82, 2.24) is 15.2 Å². The highest BCUT2D eigenvalue weighted by Crippen LogP contribution is 2.32. The van der Waals surface area contributed by atoms with E-state index in [1.165, 1.54) is 17.7 Å². The van der Waals surface area contributed by atoms with Gasteiger partial charge in [0.1, 0.15) is 5.82 Å². The molecule has 0 atom stereocenters. The average Bonchev–Trinajstić information content (AvgIpc) is 3.14. The predicted octanol–water partition coefficient (Wildman–Crippen LogP) is 4.59. The van der Waals surface area contributed by atoms with E-state index in [0.29, 0.717) is 16.8 Å². The Balaban J connectivity index is 1.53. The van der Waals surface area contributed by atoms with Crippen LogP contribution in [0.1, 0.15) is 16.7 Å². The monoisotopic (exact) mass is 428 g/mol. The molecule has 5 nitrogen and oxygen atoms in total. The highest BCUT2D eigenvalue weighted by atomic mass is 19.1. The number of hydrogen-bond acceptors (Lipinski definition) is 4. The lowest BCUT2D eigenvalue weighted by Crippen LogP contribution is -2.42. The first-order chi connectivity index (χ1) is 15.7. The summed E-state index contributed by atoms with van der Waals surface area (Å²) in [5.41, 5.74) is 4.65. The topological polar surface area (TPSA) is 63.6 Å². The number of aliphatic imine (C=N–C) groups is 1. The molecule has 6 heteroatoms. The number of aromatic nitrogens is 1. The number of aromatic amines is 1. The van der Waals surface area contributed by atoms with Crippen LogP contribution in [0.2, 0.25) is 0 Å². The van der Waals surface area contributed by atoms with Crippen molar-refractivity contribution >= 4 is 22.3 Å². The molecule has 32 heavy (non-hydrogen) atoms.